The largest absolute Gasteiger partial charge is 0.299 e. The number of hydrogen-bond acceptors (Lipinski definition) is 1. The molecule has 0 N–H and O–H groups in total. The fourth-order valence-corrected chi connectivity index (χ4v) is 2.04. The zero-order valence-corrected chi connectivity index (χ0v) is 11.8. The molecule has 0 aliphatic carbocycles. The molecule has 2 aromatic rings. The molecule has 0 fully saturated rings. The fraction of sp³-hybridized carbons (Fsp3) is 0.278. The summed E-state index contributed by atoms with van der Waals surface area (Å²) in [5.41, 5.74) is 4.78. The Bertz CT molecular complexity index is 564. The van der Waals surface area contributed by atoms with Crippen molar-refractivity contribution in [2.24, 2.45) is 5.92 Å². The minimum atomic E-state index is 0.108. The van der Waals surface area contributed by atoms with E-state index in [-0.39, 0.29) is 5.92 Å². The van der Waals surface area contributed by atoms with Crippen molar-refractivity contribution in [1.29, 1.82) is 0 Å². The molecule has 0 aromatic heterocycles. The first kappa shape index (κ1) is 13.5. The second-order valence-corrected chi connectivity index (χ2v) is 5.36. The molecule has 2 rings (SSSR count). The summed E-state index contributed by atoms with van der Waals surface area (Å²) in [6.45, 7) is 5.99. The summed E-state index contributed by atoms with van der Waals surface area (Å²) in [5.74, 6) is 0.403. The van der Waals surface area contributed by atoms with Gasteiger partial charge < -0.3 is 0 Å². The van der Waals surface area contributed by atoms with E-state index in [2.05, 4.69) is 55.5 Å². The molecule has 0 atom stereocenters. The van der Waals surface area contributed by atoms with Gasteiger partial charge in [-0.15, -0.1) is 0 Å². The zero-order chi connectivity index (χ0) is 13.8. The minimum Gasteiger partial charge on any atom is -0.299 e. The Hall–Kier alpha value is -1.89. The van der Waals surface area contributed by atoms with Crippen LogP contribution >= 0.6 is 0 Å². The van der Waals surface area contributed by atoms with Crippen molar-refractivity contribution in [2.75, 3.05) is 0 Å². The van der Waals surface area contributed by atoms with Gasteiger partial charge in [0.15, 0.2) is 0 Å². The molecule has 98 valence electrons. The van der Waals surface area contributed by atoms with Gasteiger partial charge in [-0.1, -0.05) is 67.9 Å². The van der Waals surface area contributed by atoms with Gasteiger partial charge in [-0.25, -0.2) is 0 Å². The van der Waals surface area contributed by atoms with E-state index in [1.807, 2.05) is 13.8 Å². The molecule has 1 nitrogen and oxygen atoms in total. The summed E-state index contributed by atoms with van der Waals surface area (Å²) in [6, 6.07) is 16.8. The Morgan fingerprint density at radius 1 is 1.00 bits per heavy atom. The first-order valence-electron chi connectivity index (χ1n) is 6.75. The second kappa shape index (κ2) is 5.83. The van der Waals surface area contributed by atoms with E-state index in [1.165, 1.54) is 16.7 Å². The SMILES string of the molecule is Cc1cccc(-c2ccc(CC(=O)C(C)C)cc2)c1. The van der Waals surface area contributed by atoms with Gasteiger partial charge in [-0.05, 0) is 23.6 Å². The van der Waals surface area contributed by atoms with E-state index in [9.17, 15) is 4.79 Å². The van der Waals surface area contributed by atoms with E-state index >= 15 is 0 Å². The van der Waals surface area contributed by atoms with Crippen LogP contribution < -0.4 is 0 Å². The smallest absolute Gasteiger partial charge is 0.139 e. The molecule has 0 radical (unpaired) electrons. The Balaban J connectivity index is 2.17. The van der Waals surface area contributed by atoms with E-state index in [1.54, 1.807) is 0 Å². The van der Waals surface area contributed by atoms with Gasteiger partial charge in [0.2, 0.25) is 0 Å². The first-order chi connectivity index (χ1) is 9.06. The predicted octanol–water partition coefficient (Wildman–Crippen LogP) is 4.43. The zero-order valence-electron chi connectivity index (χ0n) is 11.8. The van der Waals surface area contributed by atoms with E-state index in [4.69, 9.17) is 0 Å². The van der Waals surface area contributed by atoms with Crippen molar-refractivity contribution in [2.45, 2.75) is 27.2 Å². The van der Waals surface area contributed by atoms with Crippen molar-refractivity contribution in [3.05, 3.63) is 59.7 Å². The van der Waals surface area contributed by atoms with E-state index in [0.717, 1.165) is 5.56 Å². The van der Waals surface area contributed by atoms with Gasteiger partial charge >= 0.3 is 0 Å². The van der Waals surface area contributed by atoms with Crippen LogP contribution in [0.15, 0.2) is 48.5 Å². The molecule has 2 aromatic carbocycles. The summed E-state index contributed by atoms with van der Waals surface area (Å²) >= 11 is 0. The Kier molecular flexibility index (Phi) is 4.16. The molecule has 19 heavy (non-hydrogen) atoms. The highest BCUT2D eigenvalue weighted by molar-refractivity contribution is 5.82. The van der Waals surface area contributed by atoms with Crippen molar-refractivity contribution in [3.63, 3.8) is 0 Å². The highest BCUT2D eigenvalue weighted by atomic mass is 16.1. The van der Waals surface area contributed by atoms with Crippen molar-refractivity contribution >= 4 is 5.78 Å². The first-order valence-corrected chi connectivity index (χ1v) is 6.75. The molecular weight excluding hydrogens is 232 g/mol. The quantitative estimate of drug-likeness (QED) is 0.786. The average Bonchev–Trinajstić information content (AvgIpc) is 2.39. The molecule has 0 aliphatic rings. The topological polar surface area (TPSA) is 17.1 Å². The summed E-state index contributed by atoms with van der Waals surface area (Å²) in [6.07, 6.45) is 0.533. The number of hydrogen-bond donors (Lipinski definition) is 0. The van der Waals surface area contributed by atoms with Crippen LogP contribution in [0.2, 0.25) is 0 Å². The molecule has 0 aliphatic heterocycles. The fourth-order valence-electron chi connectivity index (χ4n) is 2.04. The van der Waals surface area contributed by atoms with Gasteiger partial charge in [0.1, 0.15) is 5.78 Å². The van der Waals surface area contributed by atoms with Crippen LogP contribution in [-0.4, -0.2) is 5.78 Å². The lowest BCUT2D eigenvalue weighted by atomic mass is 9.98. The van der Waals surface area contributed by atoms with Crippen LogP contribution in [0.3, 0.4) is 0 Å². The lowest BCUT2D eigenvalue weighted by Gasteiger charge is -2.06. The number of aryl methyl sites for hydroxylation is 1. The molecular formula is C18H20O. The highest BCUT2D eigenvalue weighted by Crippen LogP contribution is 2.21. The molecule has 1 heteroatoms. The third-order valence-corrected chi connectivity index (χ3v) is 3.33. The monoisotopic (exact) mass is 252 g/mol. The number of Topliss-reactive ketones (excluding diaryl/α,β-unsaturated/α-hetero) is 1. The summed E-state index contributed by atoms with van der Waals surface area (Å²) < 4.78 is 0. The number of benzene rings is 2. The van der Waals surface area contributed by atoms with Gasteiger partial charge in [0.25, 0.3) is 0 Å². The standard InChI is InChI=1S/C18H20O/c1-13(2)18(19)12-15-7-9-16(10-8-15)17-6-4-5-14(3)11-17/h4-11,13H,12H2,1-3H3. The van der Waals surface area contributed by atoms with Gasteiger partial charge in [0.05, 0.1) is 0 Å². The van der Waals surface area contributed by atoms with Crippen LogP contribution in [0.1, 0.15) is 25.0 Å². The van der Waals surface area contributed by atoms with E-state index in [0.29, 0.717) is 12.2 Å². The Labute approximate surface area is 115 Å². The van der Waals surface area contributed by atoms with Gasteiger partial charge in [0, 0.05) is 12.3 Å². The minimum absolute atomic E-state index is 0.108. The number of carbonyl (C=O) groups excluding carboxylic acids is 1. The van der Waals surface area contributed by atoms with Crippen LogP contribution in [0, 0.1) is 12.8 Å². The van der Waals surface area contributed by atoms with Crippen molar-refractivity contribution < 1.29 is 4.79 Å². The molecule has 0 spiro atoms. The highest BCUT2D eigenvalue weighted by Gasteiger charge is 2.08. The van der Waals surface area contributed by atoms with Crippen LogP contribution in [0.25, 0.3) is 11.1 Å². The van der Waals surface area contributed by atoms with Gasteiger partial charge in [-0.3, -0.25) is 4.79 Å². The van der Waals surface area contributed by atoms with Crippen LogP contribution in [-0.2, 0) is 11.2 Å². The third-order valence-electron chi connectivity index (χ3n) is 3.33. The van der Waals surface area contributed by atoms with Crippen LogP contribution in [0.5, 0.6) is 0 Å². The summed E-state index contributed by atoms with van der Waals surface area (Å²) in [5, 5.41) is 0. The third kappa shape index (κ3) is 3.54. The molecule has 0 bridgehead atoms. The second-order valence-electron chi connectivity index (χ2n) is 5.36. The molecule has 0 saturated carbocycles. The van der Waals surface area contributed by atoms with Crippen molar-refractivity contribution in [1.82, 2.24) is 0 Å². The normalized spacial score (nSPS) is 10.7. The molecule has 0 amide bonds. The molecule has 0 unspecified atom stereocenters. The van der Waals surface area contributed by atoms with Crippen molar-refractivity contribution in [3.8, 4) is 11.1 Å². The maximum atomic E-state index is 11.7. The number of rotatable bonds is 4. The maximum absolute atomic E-state index is 11.7. The summed E-state index contributed by atoms with van der Waals surface area (Å²) in [7, 11) is 0. The molecule has 0 heterocycles. The maximum Gasteiger partial charge on any atom is 0.139 e. The average molecular weight is 252 g/mol. The number of ketones is 1. The lowest BCUT2D eigenvalue weighted by molar-refractivity contribution is -0.121. The van der Waals surface area contributed by atoms with Crippen LogP contribution in [0.4, 0.5) is 0 Å². The lowest BCUT2D eigenvalue weighted by Crippen LogP contribution is -2.09. The Morgan fingerprint density at radius 3 is 2.26 bits per heavy atom. The van der Waals surface area contributed by atoms with E-state index < -0.39 is 0 Å². The predicted molar refractivity (Wildman–Crippen MR) is 80.2 cm³/mol. The Morgan fingerprint density at radius 2 is 1.68 bits per heavy atom. The van der Waals surface area contributed by atoms with Gasteiger partial charge in [-0.2, -0.15) is 0 Å². The summed E-state index contributed by atoms with van der Waals surface area (Å²) in [4.78, 5) is 11.7. The number of carbonyl (C=O) groups is 1. The molecule has 0 saturated heterocycles.